The van der Waals surface area contributed by atoms with Crippen LogP contribution in [-0.4, -0.2) is 51.4 Å². The van der Waals surface area contributed by atoms with E-state index in [4.69, 9.17) is 9.47 Å². The van der Waals surface area contributed by atoms with E-state index in [0.717, 1.165) is 41.1 Å². The fourth-order valence-corrected chi connectivity index (χ4v) is 11.9. The predicted molar refractivity (Wildman–Crippen MR) is 172 cm³/mol. The van der Waals surface area contributed by atoms with E-state index in [2.05, 4.69) is 32.2 Å². The molecule has 226 valence electrons. The van der Waals surface area contributed by atoms with Gasteiger partial charge >= 0.3 is 0 Å². The molecule has 3 heterocycles. The Kier molecular flexibility index (Phi) is 7.96. The topological polar surface area (TPSA) is 79.3 Å². The van der Waals surface area contributed by atoms with Crippen molar-refractivity contribution in [3.63, 3.8) is 0 Å². The van der Waals surface area contributed by atoms with Crippen molar-refractivity contribution in [2.45, 2.75) is 69.5 Å². The van der Waals surface area contributed by atoms with Crippen molar-refractivity contribution in [1.82, 2.24) is 0 Å². The molecule has 0 saturated carbocycles. The van der Waals surface area contributed by atoms with Crippen LogP contribution in [-0.2, 0) is 26.5 Å². The van der Waals surface area contributed by atoms with Gasteiger partial charge in [0.1, 0.15) is 5.75 Å². The van der Waals surface area contributed by atoms with Crippen LogP contribution in [0.4, 0.5) is 11.4 Å². The molecule has 2 fully saturated rings. The third-order valence-corrected chi connectivity index (χ3v) is 14.4. The van der Waals surface area contributed by atoms with Crippen LogP contribution < -0.4 is 19.7 Å². The van der Waals surface area contributed by atoms with E-state index in [0.29, 0.717) is 25.9 Å². The fraction of sp³-hybridized carbons (Fsp3) is 0.429. The van der Waals surface area contributed by atoms with Crippen molar-refractivity contribution in [2.75, 3.05) is 30.1 Å². The van der Waals surface area contributed by atoms with Gasteiger partial charge in [-0.3, -0.25) is 9.59 Å². The second-order valence-corrected chi connectivity index (χ2v) is 17.4. The van der Waals surface area contributed by atoms with E-state index in [1.54, 1.807) is 7.11 Å². The van der Waals surface area contributed by atoms with E-state index >= 15 is 0 Å². The zero-order valence-corrected chi connectivity index (χ0v) is 26.6. The highest BCUT2D eigenvalue weighted by Gasteiger charge is 2.66. The number of amides is 2. The minimum Gasteiger partial charge on any atom is -0.497 e. The zero-order valence-electron chi connectivity index (χ0n) is 25.6. The third kappa shape index (κ3) is 4.89. The van der Waals surface area contributed by atoms with Gasteiger partial charge in [-0.05, 0) is 60.7 Å². The minimum atomic E-state index is -2.27. The number of methoxy groups -OCH3 is 1. The lowest BCUT2D eigenvalue weighted by Gasteiger charge is -2.37. The molecule has 43 heavy (non-hydrogen) atoms. The molecule has 0 unspecified atom stereocenters. The lowest BCUT2D eigenvalue weighted by Crippen LogP contribution is -2.51. The Bertz CT molecular complexity index is 1490. The van der Waals surface area contributed by atoms with Gasteiger partial charge in [0.25, 0.3) is 5.91 Å². The summed E-state index contributed by atoms with van der Waals surface area (Å²) in [5, 5.41) is 11.5. The molecular formula is C35H42N2O5Si. The molecule has 0 radical (unpaired) electrons. The smallest absolute Gasteiger partial charge is 0.264 e. The van der Waals surface area contributed by atoms with Crippen molar-refractivity contribution in [3.8, 4) is 5.75 Å². The lowest BCUT2D eigenvalue weighted by molar-refractivity contribution is -0.146. The van der Waals surface area contributed by atoms with Crippen molar-refractivity contribution in [1.29, 1.82) is 0 Å². The number of benzene rings is 3. The molecule has 0 aliphatic carbocycles. The third-order valence-electron chi connectivity index (χ3n) is 10.1. The summed E-state index contributed by atoms with van der Waals surface area (Å²) in [7, 11) is -0.602. The zero-order chi connectivity index (χ0) is 30.4. The number of carbonyl (C=O) groups excluding carboxylic acids is 2. The Morgan fingerprint density at radius 2 is 1.77 bits per heavy atom. The SMILES string of the molecule is COc1ccc([Si](C)(C)[C@@H]2[C@@H](CCO)O[C@]3(C(=O)N(Cc4ccccc4)c4ccc(N5CCCCC5=O)cc43)[C@H]2C)cc1. The number of piperidine rings is 1. The average molecular weight is 599 g/mol. The summed E-state index contributed by atoms with van der Waals surface area (Å²) < 4.78 is 12.5. The van der Waals surface area contributed by atoms with Gasteiger partial charge in [-0.2, -0.15) is 0 Å². The molecule has 7 nitrogen and oxygen atoms in total. The number of anilines is 2. The van der Waals surface area contributed by atoms with E-state index in [1.165, 1.54) is 5.19 Å². The highest BCUT2D eigenvalue weighted by Crippen LogP contribution is 2.60. The molecule has 6 rings (SSSR count). The number of carbonyl (C=O) groups is 2. The highest BCUT2D eigenvalue weighted by molar-refractivity contribution is 6.91. The number of rotatable bonds is 8. The Labute approximate surface area is 255 Å². The number of hydrogen-bond donors (Lipinski definition) is 1. The van der Waals surface area contributed by atoms with Crippen LogP contribution in [0.15, 0.2) is 72.8 Å². The quantitative estimate of drug-likeness (QED) is 0.354. The van der Waals surface area contributed by atoms with Gasteiger partial charge in [-0.15, -0.1) is 0 Å². The number of aliphatic hydroxyl groups excluding tert-OH is 1. The largest absolute Gasteiger partial charge is 0.497 e. The predicted octanol–water partition coefficient (Wildman–Crippen LogP) is 5.36. The van der Waals surface area contributed by atoms with Crippen molar-refractivity contribution in [2.24, 2.45) is 5.92 Å². The van der Waals surface area contributed by atoms with Gasteiger partial charge in [-0.25, -0.2) is 0 Å². The van der Waals surface area contributed by atoms with Crippen LogP contribution in [0.25, 0.3) is 0 Å². The van der Waals surface area contributed by atoms with Crippen molar-refractivity contribution >= 4 is 36.4 Å². The summed E-state index contributed by atoms with van der Waals surface area (Å²) in [6.07, 6.45) is 2.56. The molecular weight excluding hydrogens is 556 g/mol. The number of nitrogens with zero attached hydrogens (tertiary/aromatic N) is 2. The summed E-state index contributed by atoms with van der Waals surface area (Å²) in [6, 6.07) is 24.3. The normalized spacial score (nSPS) is 25.5. The molecule has 2 saturated heterocycles. The molecule has 3 aromatic rings. The minimum absolute atomic E-state index is 0.0197. The summed E-state index contributed by atoms with van der Waals surface area (Å²) in [5.41, 5.74) is 2.38. The highest BCUT2D eigenvalue weighted by atomic mass is 28.3. The first-order valence-corrected chi connectivity index (χ1v) is 18.5. The van der Waals surface area contributed by atoms with Gasteiger partial charge in [0.15, 0.2) is 5.60 Å². The lowest BCUT2D eigenvalue weighted by atomic mass is 9.82. The first kappa shape index (κ1) is 29.6. The molecule has 0 aromatic heterocycles. The maximum atomic E-state index is 14.9. The number of aliphatic hydroxyl groups is 1. The summed E-state index contributed by atoms with van der Waals surface area (Å²) in [5.74, 6) is 0.706. The van der Waals surface area contributed by atoms with E-state index in [1.807, 2.05) is 70.5 Å². The Hall–Kier alpha value is -3.46. The molecule has 3 aliphatic rings. The number of ether oxygens (including phenoxy) is 2. The molecule has 3 aromatic carbocycles. The first-order valence-electron chi connectivity index (χ1n) is 15.5. The molecule has 1 spiro atoms. The van der Waals surface area contributed by atoms with Gasteiger partial charge in [0.2, 0.25) is 5.91 Å². The van der Waals surface area contributed by atoms with Gasteiger partial charge in [0.05, 0.1) is 33.5 Å². The maximum Gasteiger partial charge on any atom is 0.264 e. The second-order valence-electron chi connectivity index (χ2n) is 12.7. The number of fused-ring (bicyclic) bond motifs is 2. The summed E-state index contributed by atoms with van der Waals surface area (Å²) in [6.45, 7) is 7.93. The fourth-order valence-electron chi connectivity index (χ4n) is 7.87. The summed E-state index contributed by atoms with van der Waals surface area (Å²) in [4.78, 5) is 31.5. The van der Waals surface area contributed by atoms with Gasteiger partial charge in [-0.1, -0.05) is 67.7 Å². The number of hydrogen-bond acceptors (Lipinski definition) is 5. The maximum absolute atomic E-state index is 14.9. The molecule has 8 heteroatoms. The molecule has 4 atom stereocenters. The summed E-state index contributed by atoms with van der Waals surface area (Å²) >= 11 is 0. The average Bonchev–Trinajstić information content (AvgIpc) is 3.44. The van der Waals surface area contributed by atoms with Gasteiger partial charge in [0, 0.05) is 36.7 Å². The van der Waals surface area contributed by atoms with Crippen LogP contribution in [0.3, 0.4) is 0 Å². The first-order chi connectivity index (χ1) is 20.7. The van der Waals surface area contributed by atoms with E-state index < -0.39 is 13.7 Å². The molecule has 1 N–H and O–H groups in total. The van der Waals surface area contributed by atoms with Crippen LogP contribution in [0.5, 0.6) is 5.75 Å². The van der Waals surface area contributed by atoms with Crippen LogP contribution in [0.1, 0.15) is 43.7 Å². The van der Waals surface area contributed by atoms with Crippen molar-refractivity contribution < 1.29 is 24.2 Å². The Morgan fingerprint density at radius 1 is 1.02 bits per heavy atom. The molecule has 0 bridgehead atoms. The van der Waals surface area contributed by atoms with Crippen molar-refractivity contribution in [3.05, 3.63) is 83.9 Å². The van der Waals surface area contributed by atoms with Crippen LogP contribution in [0.2, 0.25) is 18.6 Å². The Morgan fingerprint density at radius 3 is 2.44 bits per heavy atom. The standard InChI is InChI=1S/C35H42N2O5Si/c1-24-33(43(3,4)28-16-14-27(41-2)15-17-28)31(19-21-38)42-35(24)29-22-26(36-20-9-8-12-32(36)39)13-18-30(29)37(34(35)40)23-25-10-6-5-7-11-25/h5-7,10-11,13-18,22,24,31,33,38H,8-9,12,19-21,23H2,1-4H3/t24-,31+,33-,35+/m0/s1. The molecule has 3 aliphatic heterocycles. The van der Waals surface area contributed by atoms with Crippen LogP contribution >= 0.6 is 0 Å². The van der Waals surface area contributed by atoms with Crippen LogP contribution in [0, 0.1) is 5.92 Å². The monoisotopic (exact) mass is 598 g/mol. The second kappa shape index (κ2) is 11.6. The van der Waals surface area contributed by atoms with Gasteiger partial charge < -0.3 is 24.4 Å². The van der Waals surface area contributed by atoms with E-state index in [-0.39, 0.29) is 36.0 Å². The Balaban J connectivity index is 1.48. The van der Waals surface area contributed by atoms with E-state index in [9.17, 15) is 14.7 Å². The molecule has 2 amide bonds.